The van der Waals surface area contributed by atoms with Crippen LogP contribution < -0.4 is 15.4 Å². The van der Waals surface area contributed by atoms with Gasteiger partial charge in [0.15, 0.2) is 18.2 Å². The molecule has 0 atom stereocenters. The van der Waals surface area contributed by atoms with Crippen molar-refractivity contribution < 1.29 is 28.2 Å². The van der Waals surface area contributed by atoms with Crippen molar-refractivity contribution in [1.82, 2.24) is 0 Å². The lowest BCUT2D eigenvalue weighted by molar-refractivity contribution is -0.147. The highest BCUT2D eigenvalue weighted by Crippen LogP contribution is 2.18. The van der Waals surface area contributed by atoms with E-state index in [1.54, 1.807) is 30.3 Å². The van der Waals surface area contributed by atoms with E-state index in [1.807, 2.05) is 0 Å². The van der Waals surface area contributed by atoms with Crippen LogP contribution in [0.1, 0.15) is 12.0 Å². The summed E-state index contributed by atoms with van der Waals surface area (Å²) in [6, 6.07) is 12.8. The van der Waals surface area contributed by atoms with Gasteiger partial charge in [-0.3, -0.25) is 14.4 Å². The average Bonchev–Trinajstić information content (AvgIpc) is 2.67. The van der Waals surface area contributed by atoms with Crippen molar-refractivity contribution >= 4 is 23.5 Å². The molecular formula is C20H21FN2O5. The van der Waals surface area contributed by atoms with Gasteiger partial charge in [-0.15, -0.1) is 0 Å². The van der Waals surface area contributed by atoms with Gasteiger partial charge in [-0.1, -0.05) is 24.3 Å². The summed E-state index contributed by atoms with van der Waals surface area (Å²) in [7, 11) is 1.34. The van der Waals surface area contributed by atoms with Crippen LogP contribution in [0.3, 0.4) is 0 Å². The van der Waals surface area contributed by atoms with Gasteiger partial charge < -0.3 is 20.1 Å². The number of esters is 1. The molecule has 0 radical (unpaired) electrons. The molecule has 2 rings (SSSR count). The van der Waals surface area contributed by atoms with Crippen molar-refractivity contribution in [3.8, 4) is 5.75 Å². The van der Waals surface area contributed by atoms with Crippen LogP contribution in [0.15, 0.2) is 48.5 Å². The Morgan fingerprint density at radius 2 is 1.82 bits per heavy atom. The third-order valence-corrected chi connectivity index (χ3v) is 3.87. The largest absolute Gasteiger partial charge is 0.494 e. The molecule has 0 aliphatic carbocycles. The van der Waals surface area contributed by atoms with Crippen molar-refractivity contribution in [2.24, 2.45) is 5.73 Å². The number of hydrogen-bond donors (Lipinski definition) is 1. The summed E-state index contributed by atoms with van der Waals surface area (Å²) in [6.45, 7) is -0.440. The second-order valence-corrected chi connectivity index (χ2v) is 5.90. The van der Waals surface area contributed by atoms with E-state index in [-0.39, 0.29) is 25.1 Å². The van der Waals surface area contributed by atoms with Crippen LogP contribution in [0.2, 0.25) is 0 Å². The molecule has 148 valence electrons. The summed E-state index contributed by atoms with van der Waals surface area (Å²) in [5, 5.41) is 0. The molecule has 0 fully saturated rings. The van der Waals surface area contributed by atoms with E-state index in [2.05, 4.69) is 0 Å². The maximum atomic E-state index is 13.7. The molecule has 0 aromatic heterocycles. The highest BCUT2D eigenvalue weighted by atomic mass is 19.1. The summed E-state index contributed by atoms with van der Waals surface area (Å²) in [5.74, 6) is -2.25. The van der Waals surface area contributed by atoms with E-state index < -0.39 is 30.2 Å². The minimum absolute atomic E-state index is 0.0281. The molecule has 2 aromatic rings. The van der Waals surface area contributed by atoms with E-state index in [0.29, 0.717) is 11.3 Å². The van der Waals surface area contributed by atoms with E-state index in [0.717, 1.165) is 0 Å². The lowest BCUT2D eigenvalue weighted by Gasteiger charge is -2.22. The van der Waals surface area contributed by atoms with E-state index in [9.17, 15) is 18.8 Å². The molecule has 0 spiro atoms. The number of halogens is 1. The molecule has 0 aliphatic rings. The number of amides is 2. The van der Waals surface area contributed by atoms with E-state index in [4.69, 9.17) is 15.2 Å². The second kappa shape index (κ2) is 10.1. The van der Waals surface area contributed by atoms with Crippen LogP contribution in [-0.2, 0) is 25.5 Å². The van der Waals surface area contributed by atoms with Crippen molar-refractivity contribution in [3.63, 3.8) is 0 Å². The minimum atomic E-state index is -0.680. The third-order valence-electron chi connectivity index (χ3n) is 3.87. The molecular weight excluding hydrogens is 367 g/mol. The number of benzene rings is 2. The summed E-state index contributed by atoms with van der Waals surface area (Å²) >= 11 is 0. The van der Waals surface area contributed by atoms with Gasteiger partial charge in [0, 0.05) is 18.7 Å². The molecule has 2 aromatic carbocycles. The van der Waals surface area contributed by atoms with Crippen LogP contribution in [-0.4, -0.2) is 38.0 Å². The second-order valence-electron chi connectivity index (χ2n) is 5.90. The average molecular weight is 388 g/mol. The van der Waals surface area contributed by atoms with Gasteiger partial charge in [0.2, 0.25) is 5.91 Å². The number of anilines is 1. The fraction of sp³-hybridized carbons (Fsp3) is 0.250. The number of carbonyl (C=O) groups is 3. The zero-order valence-electron chi connectivity index (χ0n) is 15.4. The number of rotatable bonds is 9. The fourth-order valence-electron chi connectivity index (χ4n) is 2.49. The lowest BCUT2D eigenvalue weighted by atomic mass is 10.1. The van der Waals surface area contributed by atoms with Crippen LogP contribution in [0.25, 0.3) is 0 Å². The van der Waals surface area contributed by atoms with Gasteiger partial charge in [-0.25, -0.2) is 4.39 Å². The first kappa shape index (κ1) is 20.9. The third kappa shape index (κ3) is 6.08. The standard InChI is InChI=1S/C20H21FN2O5/c1-27-17-8-7-14(11-16(17)21)12-20(26)28-13-19(25)23(10-9-18(22)24)15-5-3-2-4-6-15/h2-8,11H,9-10,12-13H2,1H3,(H2,22,24). The number of para-hydroxylation sites is 1. The number of carbonyl (C=O) groups excluding carboxylic acids is 3. The smallest absolute Gasteiger partial charge is 0.310 e. The first-order valence-electron chi connectivity index (χ1n) is 8.52. The summed E-state index contributed by atoms with van der Waals surface area (Å²) in [5.41, 5.74) is 6.11. The van der Waals surface area contributed by atoms with Gasteiger partial charge in [0.25, 0.3) is 5.91 Å². The summed E-state index contributed by atoms with van der Waals surface area (Å²) in [6.07, 6.45) is -0.222. The number of hydrogen-bond acceptors (Lipinski definition) is 5. The molecule has 7 nitrogen and oxygen atoms in total. The van der Waals surface area contributed by atoms with Crippen molar-refractivity contribution in [3.05, 3.63) is 59.9 Å². The number of methoxy groups -OCH3 is 1. The van der Waals surface area contributed by atoms with Crippen molar-refractivity contribution in [1.29, 1.82) is 0 Å². The molecule has 8 heteroatoms. The van der Waals surface area contributed by atoms with Crippen LogP contribution in [0.4, 0.5) is 10.1 Å². The number of ether oxygens (including phenoxy) is 2. The Morgan fingerprint density at radius 3 is 2.43 bits per heavy atom. The van der Waals surface area contributed by atoms with Gasteiger partial charge in [0.05, 0.1) is 13.5 Å². The van der Waals surface area contributed by atoms with E-state index in [1.165, 1.54) is 30.2 Å². The topological polar surface area (TPSA) is 98.9 Å². The molecule has 0 aliphatic heterocycles. The zero-order valence-corrected chi connectivity index (χ0v) is 15.4. The van der Waals surface area contributed by atoms with Crippen LogP contribution in [0.5, 0.6) is 5.75 Å². The molecule has 28 heavy (non-hydrogen) atoms. The fourth-order valence-corrected chi connectivity index (χ4v) is 2.49. The zero-order chi connectivity index (χ0) is 20.5. The van der Waals surface area contributed by atoms with Crippen molar-refractivity contribution in [2.75, 3.05) is 25.2 Å². The first-order chi connectivity index (χ1) is 13.4. The molecule has 0 saturated heterocycles. The Morgan fingerprint density at radius 1 is 1.11 bits per heavy atom. The first-order valence-corrected chi connectivity index (χ1v) is 8.52. The predicted molar refractivity (Wildman–Crippen MR) is 100 cm³/mol. The van der Waals surface area contributed by atoms with E-state index >= 15 is 0 Å². The SMILES string of the molecule is COc1ccc(CC(=O)OCC(=O)N(CCC(N)=O)c2ccccc2)cc1F. The Hall–Kier alpha value is -3.42. The van der Waals surface area contributed by atoms with Crippen molar-refractivity contribution in [2.45, 2.75) is 12.8 Å². The van der Waals surface area contributed by atoms with Gasteiger partial charge >= 0.3 is 5.97 Å². The quantitative estimate of drug-likeness (QED) is 0.661. The van der Waals surface area contributed by atoms with Gasteiger partial charge in [-0.2, -0.15) is 0 Å². The lowest BCUT2D eigenvalue weighted by Crippen LogP contribution is -2.37. The maximum Gasteiger partial charge on any atom is 0.310 e. The Labute approximate surface area is 161 Å². The normalized spacial score (nSPS) is 10.2. The number of nitrogens with two attached hydrogens (primary N) is 1. The molecule has 2 N–H and O–H groups in total. The maximum absolute atomic E-state index is 13.7. The van der Waals surface area contributed by atoms with Gasteiger partial charge in [0.1, 0.15) is 0 Å². The Kier molecular flexibility index (Phi) is 7.50. The number of nitrogens with zero attached hydrogens (tertiary/aromatic N) is 1. The molecule has 0 bridgehead atoms. The highest BCUT2D eigenvalue weighted by Gasteiger charge is 2.18. The molecule has 0 heterocycles. The molecule has 0 unspecified atom stereocenters. The molecule has 2 amide bonds. The highest BCUT2D eigenvalue weighted by molar-refractivity contribution is 5.95. The summed E-state index contributed by atoms with van der Waals surface area (Å²) < 4.78 is 23.5. The number of primary amides is 1. The Bertz CT molecular complexity index is 842. The van der Waals surface area contributed by atoms with Crippen LogP contribution in [0, 0.1) is 5.82 Å². The predicted octanol–water partition coefficient (Wildman–Crippen LogP) is 1.83. The van der Waals surface area contributed by atoms with Crippen LogP contribution >= 0.6 is 0 Å². The van der Waals surface area contributed by atoms with Gasteiger partial charge in [-0.05, 0) is 29.8 Å². The molecule has 0 saturated carbocycles. The summed E-state index contributed by atoms with van der Waals surface area (Å²) in [4.78, 5) is 36.8. The Balaban J connectivity index is 1.96. The minimum Gasteiger partial charge on any atom is -0.494 e. The monoisotopic (exact) mass is 388 g/mol.